The number of rotatable bonds is 7. The Labute approximate surface area is 261 Å². The third-order valence-corrected chi connectivity index (χ3v) is 8.18. The lowest BCUT2D eigenvalue weighted by Crippen LogP contribution is -2.41. The van der Waals surface area contributed by atoms with Crippen LogP contribution in [0.5, 0.6) is 0 Å². The van der Waals surface area contributed by atoms with Gasteiger partial charge >= 0.3 is 0 Å². The fraction of sp³-hybridized carbons (Fsp3) is 0.121. The Morgan fingerprint density at radius 1 is 1.02 bits per heavy atom. The van der Waals surface area contributed by atoms with E-state index in [1.807, 2.05) is 64.5 Å². The fourth-order valence-electron chi connectivity index (χ4n) is 5.21. The maximum atomic E-state index is 13.8. The highest BCUT2D eigenvalue weighted by molar-refractivity contribution is 7.15. The topological polar surface area (TPSA) is 114 Å². The molecule has 12 heteroatoms. The summed E-state index contributed by atoms with van der Waals surface area (Å²) in [7, 11) is 0. The minimum atomic E-state index is -0.470. The molecule has 2 amide bonds. The molecular weight excluding hydrogens is 593 g/mol. The summed E-state index contributed by atoms with van der Waals surface area (Å²) in [4.78, 5) is 41.8. The van der Waals surface area contributed by atoms with Gasteiger partial charge < -0.3 is 20.3 Å². The van der Waals surface area contributed by atoms with E-state index in [0.29, 0.717) is 41.7 Å². The van der Waals surface area contributed by atoms with Gasteiger partial charge in [-0.2, -0.15) is 0 Å². The molecule has 4 heterocycles. The van der Waals surface area contributed by atoms with E-state index in [1.54, 1.807) is 30.2 Å². The van der Waals surface area contributed by atoms with Gasteiger partial charge in [-0.3, -0.25) is 14.0 Å². The molecule has 10 nitrogen and oxygen atoms in total. The summed E-state index contributed by atoms with van der Waals surface area (Å²) < 4.78 is 21.0. The Balaban J connectivity index is 1.17. The van der Waals surface area contributed by atoms with Crippen molar-refractivity contribution in [2.45, 2.75) is 6.92 Å². The van der Waals surface area contributed by atoms with Gasteiger partial charge in [-0.15, -0.1) is 11.3 Å². The number of nitrogens with one attached hydrogen (secondary N) is 2. The second-order valence-electron chi connectivity index (χ2n) is 10.4. The Morgan fingerprint density at radius 2 is 1.89 bits per heavy atom. The number of hydrogen-bond acceptors (Lipinski definition) is 8. The summed E-state index contributed by atoms with van der Waals surface area (Å²) >= 11 is 1.50. The maximum Gasteiger partial charge on any atom is 0.256 e. The summed E-state index contributed by atoms with van der Waals surface area (Å²) in [5.41, 5.74) is 5.94. The Bertz CT molecular complexity index is 2060. The lowest BCUT2D eigenvalue weighted by atomic mass is 10.1. The molecule has 0 bridgehead atoms. The van der Waals surface area contributed by atoms with E-state index in [9.17, 15) is 14.0 Å². The van der Waals surface area contributed by atoms with Crippen molar-refractivity contribution in [3.63, 3.8) is 0 Å². The second-order valence-corrected chi connectivity index (χ2v) is 11.3. The van der Waals surface area contributed by atoms with Crippen LogP contribution in [0.2, 0.25) is 0 Å². The van der Waals surface area contributed by atoms with Crippen LogP contribution < -0.4 is 15.5 Å². The quantitative estimate of drug-likeness (QED) is 0.215. The molecule has 1 saturated heterocycles. The van der Waals surface area contributed by atoms with Crippen LogP contribution in [0.4, 0.5) is 27.4 Å². The van der Waals surface area contributed by atoms with Crippen LogP contribution in [0.25, 0.3) is 27.6 Å². The molecule has 0 atom stereocenters. The molecule has 1 aliphatic heterocycles. The SMILES string of the molecule is Cc1ccc(F)cc1C(=O)Nc1cccc(-c2nc3sccn3c2-c2ccnc(Nc3ccc(N4CCOCC4=O)cc3)n2)c1. The average Bonchev–Trinajstić information content (AvgIpc) is 3.65. The van der Waals surface area contributed by atoms with Crippen molar-refractivity contribution in [2.24, 2.45) is 0 Å². The molecule has 224 valence electrons. The van der Waals surface area contributed by atoms with Crippen molar-refractivity contribution in [2.75, 3.05) is 35.3 Å². The van der Waals surface area contributed by atoms with E-state index in [2.05, 4.69) is 15.6 Å². The minimum absolute atomic E-state index is 0.0658. The number of morpholine rings is 1. The van der Waals surface area contributed by atoms with E-state index in [4.69, 9.17) is 14.7 Å². The number of ether oxygens (including phenoxy) is 1. The van der Waals surface area contributed by atoms with Gasteiger partial charge in [-0.1, -0.05) is 18.2 Å². The molecule has 7 rings (SSSR count). The van der Waals surface area contributed by atoms with E-state index < -0.39 is 11.7 Å². The number of aryl methyl sites for hydroxylation is 1. The molecule has 0 radical (unpaired) electrons. The fourth-order valence-corrected chi connectivity index (χ4v) is 5.92. The number of benzene rings is 3. The first kappa shape index (κ1) is 28.3. The summed E-state index contributed by atoms with van der Waals surface area (Å²) in [6.07, 6.45) is 3.62. The molecular formula is C33H26FN7O3S. The van der Waals surface area contributed by atoms with Gasteiger partial charge in [0.1, 0.15) is 18.1 Å². The van der Waals surface area contributed by atoms with Crippen LogP contribution in [0, 0.1) is 12.7 Å². The Hall–Kier alpha value is -5.46. The Morgan fingerprint density at radius 3 is 2.73 bits per heavy atom. The van der Waals surface area contributed by atoms with Crippen molar-refractivity contribution in [3.8, 4) is 22.6 Å². The average molecular weight is 620 g/mol. The number of anilines is 4. The first-order valence-electron chi connectivity index (χ1n) is 14.1. The molecule has 3 aromatic heterocycles. The molecule has 2 N–H and O–H groups in total. The lowest BCUT2D eigenvalue weighted by molar-refractivity contribution is -0.125. The normalized spacial score (nSPS) is 13.3. The molecule has 6 aromatic rings. The van der Waals surface area contributed by atoms with Crippen LogP contribution in [0.1, 0.15) is 15.9 Å². The molecule has 1 fully saturated rings. The number of hydrogen-bond donors (Lipinski definition) is 2. The first-order valence-corrected chi connectivity index (χ1v) is 15.0. The number of nitrogens with zero attached hydrogens (tertiary/aromatic N) is 5. The smallest absolute Gasteiger partial charge is 0.256 e. The number of aromatic nitrogens is 4. The van der Waals surface area contributed by atoms with Crippen molar-refractivity contribution >= 4 is 51.1 Å². The van der Waals surface area contributed by atoms with Gasteiger partial charge in [0, 0.05) is 52.5 Å². The Kier molecular flexibility index (Phi) is 7.49. The number of fused-ring (bicyclic) bond motifs is 1. The number of thiazole rings is 1. The van der Waals surface area contributed by atoms with Crippen LogP contribution in [0.15, 0.2) is 90.6 Å². The molecule has 0 saturated carbocycles. The predicted octanol–water partition coefficient (Wildman–Crippen LogP) is 6.33. The third-order valence-electron chi connectivity index (χ3n) is 7.42. The van der Waals surface area contributed by atoms with Gasteiger partial charge in [-0.05, 0) is 67.1 Å². The third kappa shape index (κ3) is 5.76. The maximum absolute atomic E-state index is 13.8. The van der Waals surface area contributed by atoms with Crippen LogP contribution in [0.3, 0.4) is 0 Å². The number of imidazole rings is 1. The first-order chi connectivity index (χ1) is 21.9. The monoisotopic (exact) mass is 619 g/mol. The van der Waals surface area contributed by atoms with Crippen molar-refractivity contribution in [3.05, 3.63) is 108 Å². The molecule has 1 aliphatic rings. The van der Waals surface area contributed by atoms with Crippen molar-refractivity contribution < 1.29 is 18.7 Å². The predicted molar refractivity (Wildman–Crippen MR) is 172 cm³/mol. The highest BCUT2D eigenvalue weighted by Crippen LogP contribution is 2.35. The zero-order chi connectivity index (χ0) is 30.9. The molecule has 45 heavy (non-hydrogen) atoms. The van der Waals surface area contributed by atoms with Gasteiger partial charge in [0.2, 0.25) is 5.95 Å². The summed E-state index contributed by atoms with van der Waals surface area (Å²) in [6.45, 7) is 2.88. The zero-order valence-corrected chi connectivity index (χ0v) is 24.8. The number of carbonyl (C=O) groups is 2. The van der Waals surface area contributed by atoms with E-state index in [-0.39, 0.29) is 18.1 Å². The highest BCUT2D eigenvalue weighted by Gasteiger charge is 2.21. The highest BCUT2D eigenvalue weighted by atomic mass is 32.1. The minimum Gasteiger partial charge on any atom is -0.370 e. The molecule has 0 spiro atoms. The van der Waals surface area contributed by atoms with E-state index in [0.717, 1.165) is 27.6 Å². The van der Waals surface area contributed by atoms with Gasteiger partial charge in [0.05, 0.1) is 18.0 Å². The van der Waals surface area contributed by atoms with E-state index >= 15 is 0 Å². The summed E-state index contributed by atoms with van der Waals surface area (Å²) in [5.74, 6) is -0.539. The summed E-state index contributed by atoms with van der Waals surface area (Å²) in [6, 6.07) is 20.8. The van der Waals surface area contributed by atoms with Gasteiger partial charge in [0.25, 0.3) is 11.8 Å². The van der Waals surface area contributed by atoms with Crippen LogP contribution >= 0.6 is 11.3 Å². The molecule has 0 unspecified atom stereocenters. The number of amides is 2. The number of halogens is 1. The van der Waals surface area contributed by atoms with Crippen LogP contribution in [-0.2, 0) is 9.53 Å². The van der Waals surface area contributed by atoms with E-state index in [1.165, 1.54) is 23.5 Å². The van der Waals surface area contributed by atoms with Crippen molar-refractivity contribution in [1.29, 1.82) is 0 Å². The lowest BCUT2D eigenvalue weighted by Gasteiger charge is -2.26. The van der Waals surface area contributed by atoms with Gasteiger partial charge in [-0.25, -0.2) is 19.3 Å². The van der Waals surface area contributed by atoms with Crippen LogP contribution in [-0.4, -0.2) is 50.9 Å². The summed E-state index contributed by atoms with van der Waals surface area (Å²) in [5, 5.41) is 8.09. The number of carbonyl (C=O) groups excluding carboxylic acids is 2. The largest absolute Gasteiger partial charge is 0.370 e. The second kappa shape index (κ2) is 11.9. The van der Waals surface area contributed by atoms with Crippen molar-refractivity contribution in [1.82, 2.24) is 19.4 Å². The zero-order valence-electron chi connectivity index (χ0n) is 24.0. The van der Waals surface area contributed by atoms with Gasteiger partial charge in [0.15, 0.2) is 4.96 Å². The standard InChI is InChI=1S/C33H26FN7O3S/c1-20-5-6-22(34)18-26(20)31(43)36-24-4-2-3-21(17-24)29-30(41-14-16-45-33(41)39-29)27-11-12-35-32(38-27)37-23-7-9-25(10-8-23)40-13-15-44-19-28(40)42/h2-12,14,16-18H,13,15,19H2,1H3,(H,36,43)(H,35,37,38). The molecule has 0 aliphatic carbocycles. The molecule has 3 aromatic carbocycles.